The smallest absolute Gasteiger partial charge is 0.162 e. The van der Waals surface area contributed by atoms with E-state index in [1.165, 1.54) is 6.42 Å². The van der Waals surface area contributed by atoms with E-state index in [1.807, 2.05) is 0 Å². The van der Waals surface area contributed by atoms with Crippen LogP contribution >= 0.6 is 15.9 Å². The minimum atomic E-state index is 0.136. The second-order valence-corrected chi connectivity index (χ2v) is 4.99. The van der Waals surface area contributed by atoms with Gasteiger partial charge in [-0.25, -0.2) is 0 Å². The first-order chi connectivity index (χ1) is 7.74. The topological polar surface area (TPSA) is 39.9 Å². The van der Waals surface area contributed by atoms with Gasteiger partial charge in [0.05, 0.1) is 5.33 Å². The summed E-state index contributed by atoms with van der Waals surface area (Å²) >= 11 is 3.45. The largest absolute Gasteiger partial charge is 0.370 e. The van der Waals surface area contributed by atoms with Crippen LogP contribution in [0.25, 0.3) is 0 Å². The summed E-state index contributed by atoms with van der Waals surface area (Å²) in [7, 11) is 0. The molecule has 1 atom stereocenters. The van der Waals surface area contributed by atoms with Crippen molar-refractivity contribution in [1.82, 2.24) is 14.8 Å². The number of hydrogen-bond donors (Lipinski definition) is 0. The quantitative estimate of drug-likeness (QED) is 0.803. The summed E-state index contributed by atoms with van der Waals surface area (Å²) in [4.78, 5) is 0. The maximum atomic E-state index is 5.77. The van der Waals surface area contributed by atoms with Gasteiger partial charge in [0.2, 0.25) is 0 Å². The van der Waals surface area contributed by atoms with Crippen LogP contribution in [0.1, 0.15) is 56.9 Å². The average Bonchev–Trinajstić information content (AvgIpc) is 2.73. The van der Waals surface area contributed by atoms with E-state index in [1.54, 1.807) is 0 Å². The highest BCUT2D eigenvalue weighted by molar-refractivity contribution is 9.08. The molecular formula is C11H18BrN3O. The molecule has 0 amide bonds. The lowest BCUT2D eigenvalue weighted by molar-refractivity contribution is 0.00651. The van der Waals surface area contributed by atoms with Gasteiger partial charge in [-0.2, -0.15) is 0 Å². The molecule has 1 unspecified atom stereocenters. The van der Waals surface area contributed by atoms with Crippen LogP contribution in [0.2, 0.25) is 0 Å². The van der Waals surface area contributed by atoms with Crippen molar-refractivity contribution in [2.75, 3.05) is 6.61 Å². The molecule has 0 spiro atoms. The molecule has 1 aliphatic rings. The fourth-order valence-corrected chi connectivity index (χ4v) is 2.54. The SMILES string of the molecule is CC(C)n1c(CBr)nnc1C1CCCCO1. The van der Waals surface area contributed by atoms with Crippen LogP contribution in [0.15, 0.2) is 0 Å². The fraction of sp³-hybridized carbons (Fsp3) is 0.818. The molecule has 1 aromatic rings. The Kier molecular flexibility index (Phi) is 3.97. The standard InChI is InChI=1S/C11H18BrN3O/c1-8(2)15-10(7-12)13-14-11(15)9-5-3-4-6-16-9/h8-9H,3-7H2,1-2H3. The summed E-state index contributed by atoms with van der Waals surface area (Å²) in [6, 6.07) is 0.378. The maximum absolute atomic E-state index is 5.77. The molecule has 1 aromatic heterocycles. The molecule has 2 rings (SSSR count). The zero-order valence-corrected chi connectivity index (χ0v) is 11.4. The summed E-state index contributed by atoms with van der Waals surface area (Å²) < 4.78 is 7.96. The predicted octanol–water partition coefficient (Wildman–Crippen LogP) is 3.00. The summed E-state index contributed by atoms with van der Waals surface area (Å²) in [6.45, 7) is 5.16. The maximum Gasteiger partial charge on any atom is 0.162 e. The van der Waals surface area contributed by atoms with Crippen molar-refractivity contribution in [3.63, 3.8) is 0 Å². The third kappa shape index (κ3) is 2.30. The summed E-state index contributed by atoms with van der Waals surface area (Å²) in [6.07, 6.45) is 3.58. The van der Waals surface area contributed by atoms with Crippen LogP contribution in [0.4, 0.5) is 0 Å². The summed E-state index contributed by atoms with van der Waals surface area (Å²) in [5.74, 6) is 1.98. The van der Waals surface area contributed by atoms with Crippen molar-refractivity contribution in [2.45, 2.75) is 50.6 Å². The Labute approximate surface area is 105 Å². The van der Waals surface area contributed by atoms with Crippen molar-refractivity contribution < 1.29 is 4.74 Å². The van der Waals surface area contributed by atoms with Gasteiger partial charge in [0.15, 0.2) is 5.82 Å². The number of alkyl halides is 1. The summed E-state index contributed by atoms with van der Waals surface area (Å²) in [5.41, 5.74) is 0. The van der Waals surface area contributed by atoms with Gasteiger partial charge in [-0.1, -0.05) is 15.9 Å². The van der Waals surface area contributed by atoms with Crippen molar-refractivity contribution in [3.8, 4) is 0 Å². The van der Waals surface area contributed by atoms with Crippen LogP contribution in [0.3, 0.4) is 0 Å². The Bertz CT molecular complexity index is 345. The van der Waals surface area contributed by atoms with Gasteiger partial charge >= 0.3 is 0 Å². The van der Waals surface area contributed by atoms with E-state index >= 15 is 0 Å². The van der Waals surface area contributed by atoms with Crippen LogP contribution in [-0.2, 0) is 10.1 Å². The third-order valence-corrected chi connectivity index (χ3v) is 3.40. The van der Waals surface area contributed by atoms with Crippen molar-refractivity contribution in [2.24, 2.45) is 0 Å². The van der Waals surface area contributed by atoms with E-state index in [-0.39, 0.29) is 6.10 Å². The second kappa shape index (κ2) is 5.27. The summed E-state index contributed by atoms with van der Waals surface area (Å²) in [5, 5.41) is 9.25. The lowest BCUT2D eigenvalue weighted by Gasteiger charge is -2.24. The lowest BCUT2D eigenvalue weighted by Crippen LogP contribution is -2.18. The van der Waals surface area contributed by atoms with E-state index in [9.17, 15) is 0 Å². The molecule has 0 radical (unpaired) electrons. The Morgan fingerprint density at radius 2 is 2.25 bits per heavy atom. The molecular weight excluding hydrogens is 270 g/mol. The molecule has 0 bridgehead atoms. The number of halogens is 1. The highest BCUT2D eigenvalue weighted by Gasteiger charge is 2.24. The first-order valence-electron chi connectivity index (χ1n) is 5.85. The Morgan fingerprint density at radius 3 is 2.81 bits per heavy atom. The van der Waals surface area contributed by atoms with Gasteiger partial charge in [-0.05, 0) is 33.1 Å². The van der Waals surface area contributed by atoms with E-state index in [4.69, 9.17) is 4.74 Å². The molecule has 2 heterocycles. The molecule has 5 heteroatoms. The highest BCUT2D eigenvalue weighted by Crippen LogP contribution is 2.29. The van der Waals surface area contributed by atoms with Crippen molar-refractivity contribution in [3.05, 3.63) is 11.6 Å². The van der Waals surface area contributed by atoms with Gasteiger partial charge in [-0.15, -0.1) is 10.2 Å². The molecule has 1 fully saturated rings. The first kappa shape index (κ1) is 12.0. The van der Waals surface area contributed by atoms with E-state index < -0.39 is 0 Å². The number of hydrogen-bond acceptors (Lipinski definition) is 3. The Morgan fingerprint density at radius 1 is 1.44 bits per heavy atom. The van der Waals surface area contributed by atoms with Crippen LogP contribution < -0.4 is 0 Å². The number of aromatic nitrogens is 3. The molecule has 0 N–H and O–H groups in total. The van der Waals surface area contributed by atoms with Gasteiger partial charge in [0, 0.05) is 12.6 Å². The monoisotopic (exact) mass is 287 g/mol. The van der Waals surface area contributed by atoms with Crippen molar-refractivity contribution in [1.29, 1.82) is 0 Å². The minimum Gasteiger partial charge on any atom is -0.370 e. The Hall–Kier alpha value is -0.420. The van der Waals surface area contributed by atoms with Gasteiger partial charge in [0.25, 0.3) is 0 Å². The average molecular weight is 288 g/mol. The molecule has 4 nitrogen and oxygen atoms in total. The number of rotatable bonds is 3. The molecule has 90 valence electrons. The second-order valence-electron chi connectivity index (χ2n) is 4.43. The fourth-order valence-electron chi connectivity index (χ4n) is 2.16. The van der Waals surface area contributed by atoms with E-state index in [0.29, 0.717) is 6.04 Å². The zero-order chi connectivity index (χ0) is 11.5. The van der Waals surface area contributed by atoms with Gasteiger partial charge < -0.3 is 9.30 Å². The normalized spacial score (nSPS) is 21.6. The predicted molar refractivity (Wildman–Crippen MR) is 65.6 cm³/mol. The third-order valence-electron chi connectivity index (χ3n) is 2.90. The van der Waals surface area contributed by atoms with E-state index in [2.05, 4.69) is 44.5 Å². The first-order valence-corrected chi connectivity index (χ1v) is 6.97. The van der Waals surface area contributed by atoms with Gasteiger partial charge in [-0.3, -0.25) is 0 Å². The molecule has 0 saturated carbocycles. The molecule has 1 aliphatic heterocycles. The number of ether oxygens (including phenoxy) is 1. The minimum absolute atomic E-state index is 0.136. The number of nitrogens with zero attached hydrogens (tertiary/aromatic N) is 3. The van der Waals surface area contributed by atoms with Crippen LogP contribution in [0.5, 0.6) is 0 Å². The molecule has 0 aliphatic carbocycles. The lowest BCUT2D eigenvalue weighted by atomic mass is 10.1. The molecule has 16 heavy (non-hydrogen) atoms. The zero-order valence-electron chi connectivity index (χ0n) is 9.82. The van der Waals surface area contributed by atoms with Crippen molar-refractivity contribution >= 4 is 15.9 Å². The molecule has 1 saturated heterocycles. The van der Waals surface area contributed by atoms with Gasteiger partial charge in [0.1, 0.15) is 11.9 Å². The van der Waals surface area contributed by atoms with Crippen LogP contribution in [0, 0.1) is 0 Å². The van der Waals surface area contributed by atoms with Crippen LogP contribution in [-0.4, -0.2) is 21.4 Å². The highest BCUT2D eigenvalue weighted by atomic mass is 79.9. The Balaban J connectivity index is 2.28. The molecule has 0 aromatic carbocycles. The van der Waals surface area contributed by atoms with E-state index in [0.717, 1.165) is 36.4 Å².